The van der Waals surface area contributed by atoms with E-state index in [1.54, 1.807) is 17.6 Å². The largest absolute Gasteiger partial charge is 0.147 e. The SMILES string of the molecule is CCCCc1ccccc1-c1cc2c(cc1C(C)(C)C)-c1cc(C(C)(C)C)c(-c3ccccc3CCCC)cc1[CH]2[Zr]([C]1=CC=CC1)=[C](Cc1ccccc1)Cc1ccccc1.Cl.Cl. The monoisotopic (exact) mass is 962 g/mol. The fourth-order valence-electron chi connectivity index (χ4n) is 10.3. The number of halogens is 2. The number of hydrogen-bond acceptors (Lipinski definition) is 0. The second kappa shape index (κ2) is 21.6. The molecule has 6 aromatic rings. The number of fused-ring (bicyclic) bond motifs is 3. The molecule has 0 aliphatic heterocycles. The van der Waals surface area contributed by atoms with Crippen LogP contribution >= 0.6 is 24.8 Å². The summed E-state index contributed by atoms with van der Waals surface area (Å²) in [5.74, 6) is 0. The summed E-state index contributed by atoms with van der Waals surface area (Å²) in [6.07, 6.45) is 17.5. The smallest absolute Gasteiger partial charge is 0.147 e. The van der Waals surface area contributed by atoms with E-state index in [0.717, 1.165) is 32.1 Å². The molecule has 2 aliphatic rings. The van der Waals surface area contributed by atoms with Crippen LogP contribution in [0.25, 0.3) is 33.4 Å². The first-order chi connectivity index (χ1) is 30.0. The van der Waals surface area contributed by atoms with Gasteiger partial charge in [-0.3, -0.25) is 0 Å². The summed E-state index contributed by atoms with van der Waals surface area (Å²) in [6, 6.07) is 52.3. The fraction of sp³-hybridized carbons (Fsp3) is 0.328. The Morgan fingerprint density at radius 2 is 0.938 bits per heavy atom. The summed E-state index contributed by atoms with van der Waals surface area (Å²) in [5, 5.41) is 0. The van der Waals surface area contributed by atoms with E-state index in [1.165, 1.54) is 92.4 Å². The van der Waals surface area contributed by atoms with Crippen molar-refractivity contribution in [2.24, 2.45) is 0 Å². The zero-order valence-electron chi connectivity index (χ0n) is 39.7. The van der Waals surface area contributed by atoms with Crippen LogP contribution in [0.4, 0.5) is 0 Å². The molecule has 332 valence electrons. The van der Waals surface area contributed by atoms with Gasteiger partial charge >= 0.3 is 385 Å². The van der Waals surface area contributed by atoms with Crippen molar-refractivity contribution in [1.82, 2.24) is 0 Å². The molecule has 3 heteroatoms. The number of unbranched alkanes of at least 4 members (excludes halogenated alkanes) is 2. The zero-order chi connectivity index (χ0) is 43.4. The van der Waals surface area contributed by atoms with Gasteiger partial charge in [0.15, 0.2) is 0 Å². The predicted molar refractivity (Wildman–Crippen MR) is 281 cm³/mol. The van der Waals surface area contributed by atoms with Gasteiger partial charge in [-0.15, -0.1) is 24.8 Å². The van der Waals surface area contributed by atoms with Gasteiger partial charge in [-0.2, -0.15) is 0 Å². The third kappa shape index (κ3) is 10.7. The molecule has 0 amide bonds. The van der Waals surface area contributed by atoms with E-state index in [0.29, 0.717) is 3.63 Å². The molecule has 0 spiro atoms. The summed E-state index contributed by atoms with van der Waals surface area (Å²) in [5.41, 5.74) is 20.5. The Labute approximate surface area is 406 Å². The number of allylic oxidation sites excluding steroid dienone is 4. The van der Waals surface area contributed by atoms with Gasteiger partial charge in [-0.1, -0.05) is 0 Å². The molecule has 0 unspecified atom stereocenters. The summed E-state index contributed by atoms with van der Waals surface area (Å²) < 4.78 is 3.87. The van der Waals surface area contributed by atoms with Crippen molar-refractivity contribution in [3.05, 3.63) is 199 Å². The third-order valence-electron chi connectivity index (χ3n) is 13.4. The molecule has 0 bridgehead atoms. The van der Waals surface area contributed by atoms with Crippen molar-refractivity contribution < 1.29 is 21.3 Å². The molecule has 0 nitrogen and oxygen atoms in total. The van der Waals surface area contributed by atoms with E-state index in [9.17, 15) is 0 Å². The van der Waals surface area contributed by atoms with Crippen LogP contribution in [0.15, 0.2) is 155 Å². The minimum atomic E-state index is -2.86. The summed E-state index contributed by atoms with van der Waals surface area (Å²) in [4.78, 5) is 0. The molecule has 0 fully saturated rings. The van der Waals surface area contributed by atoms with Crippen LogP contribution in [0.3, 0.4) is 0 Å². The van der Waals surface area contributed by atoms with Crippen LogP contribution in [-0.4, -0.2) is 3.21 Å². The van der Waals surface area contributed by atoms with Crippen LogP contribution < -0.4 is 0 Å². The van der Waals surface area contributed by atoms with E-state index < -0.39 is 21.3 Å². The predicted octanol–water partition coefficient (Wildman–Crippen LogP) is 17.3. The molecule has 0 heterocycles. The van der Waals surface area contributed by atoms with Crippen molar-refractivity contribution in [2.45, 2.75) is 128 Å². The van der Waals surface area contributed by atoms with Gasteiger partial charge in [0.2, 0.25) is 0 Å². The molecule has 0 saturated carbocycles. The molecule has 2 aliphatic carbocycles. The molecule has 8 rings (SSSR count). The Bertz CT molecular complexity index is 2470. The quantitative estimate of drug-likeness (QED) is 0.102. The van der Waals surface area contributed by atoms with E-state index >= 15 is 0 Å². The Balaban J connectivity index is 0.00000340. The maximum absolute atomic E-state index is 2.86. The van der Waals surface area contributed by atoms with Crippen LogP contribution in [0, 0.1) is 0 Å². The van der Waals surface area contributed by atoms with Gasteiger partial charge in [0.05, 0.1) is 0 Å². The first-order valence-corrected chi connectivity index (χ1v) is 27.5. The van der Waals surface area contributed by atoms with Crippen LogP contribution in [0.1, 0.15) is 136 Å². The fourth-order valence-corrected chi connectivity index (χ4v) is 19.5. The third-order valence-corrected chi connectivity index (χ3v) is 21.7. The van der Waals surface area contributed by atoms with E-state index in [-0.39, 0.29) is 35.6 Å². The van der Waals surface area contributed by atoms with Crippen molar-refractivity contribution in [2.75, 3.05) is 0 Å². The average Bonchev–Trinajstić information content (AvgIpc) is 3.91. The molecule has 0 N–H and O–H groups in total. The van der Waals surface area contributed by atoms with Crippen LogP contribution in [-0.2, 0) is 57.8 Å². The molecule has 0 saturated heterocycles. The minimum absolute atomic E-state index is 0. The summed E-state index contributed by atoms with van der Waals surface area (Å²) >= 11 is -2.86. The minimum Gasteiger partial charge on any atom is -0.147 e. The van der Waals surface area contributed by atoms with Crippen LogP contribution in [0.2, 0.25) is 0 Å². The second-order valence-corrected chi connectivity index (χ2v) is 26.9. The van der Waals surface area contributed by atoms with Gasteiger partial charge in [-0.05, 0) is 0 Å². The van der Waals surface area contributed by atoms with Crippen molar-refractivity contribution in [3.8, 4) is 33.4 Å². The Morgan fingerprint density at radius 3 is 1.33 bits per heavy atom. The van der Waals surface area contributed by atoms with Crippen molar-refractivity contribution in [1.29, 1.82) is 0 Å². The summed E-state index contributed by atoms with van der Waals surface area (Å²) in [7, 11) is 0. The Hall–Kier alpha value is -3.87. The Morgan fingerprint density at radius 1 is 0.516 bits per heavy atom. The van der Waals surface area contributed by atoms with E-state index in [4.69, 9.17) is 0 Å². The second-order valence-electron chi connectivity index (χ2n) is 20.1. The van der Waals surface area contributed by atoms with Gasteiger partial charge in [-0.25, -0.2) is 0 Å². The number of benzene rings is 6. The maximum Gasteiger partial charge on any atom is -0.147 e. The molecule has 0 aromatic heterocycles. The molecular weight excluding hydrogens is 895 g/mol. The van der Waals surface area contributed by atoms with Crippen molar-refractivity contribution in [3.63, 3.8) is 0 Å². The first-order valence-electron chi connectivity index (χ1n) is 23.7. The number of rotatable bonds is 14. The molecule has 0 atom stereocenters. The topological polar surface area (TPSA) is 0 Å². The van der Waals surface area contributed by atoms with Gasteiger partial charge in [0.25, 0.3) is 0 Å². The van der Waals surface area contributed by atoms with Gasteiger partial charge < -0.3 is 0 Å². The first kappa shape index (κ1) is 49.6. The average molecular weight is 965 g/mol. The van der Waals surface area contributed by atoms with Crippen LogP contribution in [0.5, 0.6) is 0 Å². The van der Waals surface area contributed by atoms with E-state index in [2.05, 4.69) is 207 Å². The maximum atomic E-state index is 2.74. The standard InChI is InChI=1S/C41H49.C15H14.C5H5.2ClH.Zr/c1-9-11-17-28-19-13-15-21-32(28)36-24-30-23-31-25-37(33-22-16-14-20-29(33)18-12-10-2)39(41(6,7)8)27-35(31)34(30)26-38(36)40(3,4)5;1-3-8-14(9-4-1)12-7-13-15-10-5-2-6-11-15;1-2-4-5-3-1;;;/h13-16,19-27H,9-12,17-18H2,1-8H3;1-6,8-11H,12-13H2;1-3H,4H2;2*1H;. The number of hydrogen-bond donors (Lipinski definition) is 0. The normalized spacial score (nSPS) is 13.2. The Kier molecular flexibility index (Phi) is 16.7. The summed E-state index contributed by atoms with van der Waals surface area (Å²) in [6.45, 7) is 19.2. The molecule has 64 heavy (non-hydrogen) atoms. The molecule has 6 aromatic carbocycles. The zero-order valence-corrected chi connectivity index (χ0v) is 43.8. The van der Waals surface area contributed by atoms with E-state index in [1.807, 2.05) is 0 Å². The molecule has 0 radical (unpaired) electrons. The van der Waals surface area contributed by atoms with Gasteiger partial charge in [0, 0.05) is 0 Å². The van der Waals surface area contributed by atoms with Gasteiger partial charge in [0.1, 0.15) is 0 Å². The van der Waals surface area contributed by atoms with Crippen molar-refractivity contribution >= 4 is 28.0 Å². The number of aryl methyl sites for hydroxylation is 2. The molecular formula is C61H70Cl2Zr.